The van der Waals surface area contributed by atoms with Gasteiger partial charge in [0.2, 0.25) is 11.7 Å². The number of rotatable bonds is 22. The lowest BCUT2D eigenvalue weighted by Gasteiger charge is -2.28. The Labute approximate surface area is 203 Å². The number of unbranched alkanes of at least 4 members (excludes halogenated alkanes) is 14. The highest BCUT2D eigenvalue weighted by Gasteiger charge is 2.53. The molecule has 9 heteroatoms. The first-order valence-electron chi connectivity index (χ1n) is 12.6. The van der Waals surface area contributed by atoms with Crippen molar-refractivity contribution in [3.05, 3.63) is 0 Å². The summed E-state index contributed by atoms with van der Waals surface area (Å²) in [6.45, 7) is 2.23. The minimum atomic E-state index is -3.12. The highest BCUT2D eigenvalue weighted by molar-refractivity contribution is 5.92. The van der Waals surface area contributed by atoms with E-state index < -0.39 is 42.0 Å². The summed E-state index contributed by atoms with van der Waals surface area (Å²) in [5, 5.41) is 28.3. The van der Waals surface area contributed by atoms with Crippen molar-refractivity contribution in [2.45, 2.75) is 128 Å². The van der Waals surface area contributed by atoms with Gasteiger partial charge in [-0.3, -0.25) is 9.59 Å². The number of hydrogen-bond donors (Lipinski definition) is 3. The summed E-state index contributed by atoms with van der Waals surface area (Å²) in [7, 11) is 0.918. The quantitative estimate of drug-likeness (QED) is 0.147. The van der Waals surface area contributed by atoms with Crippen LogP contribution < -0.4 is 0 Å². The number of ether oxygens (including phenoxy) is 2. The van der Waals surface area contributed by atoms with Crippen molar-refractivity contribution in [2.24, 2.45) is 0 Å². The van der Waals surface area contributed by atoms with E-state index in [1.165, 1.54) is 64.2 Å². The summed E-state index contributed by atoms with van der Waals surface area (Å²) < 4.78 is 9.23. The monoisotopic (exact) mass is 488 g/mol. The maximum absolute atomic E-state index is 12.1. The van der Waals surface area contributed by atoms with Crippen LogP contribution >= 0.6 is 0 Å². The van der Waals surface area contributed by atoms with Gasteiger partial charge in [-0.2, -0.15) is 0 Å². The molecule has 0 heterocycles. The number of methoxy groups -OCH3 is 1. The van der Waals surface area contributed by atoms with Gasteiger partial charge in [-0.15, -0.1) is 0 Å². The minimum Gasteiger partial charge on any atom is -0.481 e. The molecule has 0 aromatic carbocycles. The Hall–Kier alpha value is -2.16. The van der Waals surface area contributed by atoms with E-state index in [1.54, 1.807) is 0 Å². The molecule has 0 aliphatic heterocycles. The van der Waals surface area contributed by atoms with E-state index in [0.717, 1.165) is 32.8 Å². The third-order valence-corrected chi connectivity index (χ3v) is 5.87. The summed E-state index contributed by atoms with van der Waals surface area (Å²) in [6.07, 6.45) is 13.8. The predicted molar refractivity (Wildman–Crippen MR) is 126 cm³/mol. The Morgan fingerprint density at radius 1 is 0.735 bits per heavy atom. The molecule has 0 saturated heterocycles. The molecule has 9 nitrogen and oxygen atoms in total. The van der Waals surface area contributed by atoms with Crippen LogP contribution in [0.4, 0.5) is 0 Å². The lowest BCUT2D eigenvalue weighted by atomic mass is 9.92. The van der Waals surface area contributed by atoms with E-state index in [4.69, 9.17) is 9.84 Å². The molecule has 34 heavy (non-hydrogen) atoms. The van der Waals surface area contributed by atoms with E-state index in [2.05, 4.69) is 11.7 Å². The van der Waals surface area contributed by atoms with E-state index in [0.29, 0.717) is 6.42 Å². The zero-order valence-corrected chi connectivity index (χ0v) is 20.9. The number of carbonyl (C=O) groups excluding carboxylic acids is 2. The van der Waals surface area contributed by atoms with E-state index in [-0.39, 0.29) is 6.42 Å². The fourth-order valence-electron chi connectivity index (χ4n) is 3.79. The zero-order valence-electron chi connectivity index (χ0n) is 20.9. The first-order valence-corrected chi connectivity index (χ1v) is 12.6. The number of carboxylic acid groups (broad SMARTS) is 2. The van der Waals surface area contributed by atoms with Crippen LogP contribution in [-0.4, -0.2) is 58.0 Å². The first kappa shape index (κ1) is 31.8. The molecule has 0 spiro atoms. The average molecular weight is 489 g/mol. The molecule has 2 atom stereocenters. The van der Waals surface area contributed by atoms with Crippen LogP contribution in [0.1, 0.15) is 116 Å². The SMILES string of the molecule is CCCCCCCCCCCCCCCCCC(=O)OC(C(=O)OC)C(O)(CC(=O)O)C(=O)O. The molecule has 2 unspecified atom stereocenters. The average Bonchev–Trinajstić information content (AvgIpc) is 2.78. The number of carboxylic acids is 2. The molecule has 3 N–H and O–H groups in total. The van der Waals surface area contributed by atoms with Crippen LogP contribution in [0, 0.1) is 0 Å². The van der Waals surface area contributed by atoms with Crippen molar-refractivity contribution < 1.29 is 44.0 Å². The lowest BCUT2D eigenvalue weighted by molar-refractivity contribution is -0.198. The van der Waals surface area contributed by atoms with Gasteiger partial charge in [0, 0.05) is 6.42 Å². The molecule has 0 bridgehead atoms. The molecule has 0 saturated carbocycles. The molecule has 0 rings (SSSR count). The van der Waals surface area contributed by atoms with Crippen LogP contribution in [0.2, 0.25) is 0 Å². The second-order valence-corrected chi connectivity index (χ2v) is 8.89. The van der Waals surface area contributed by atoms with Gasteiger partial charge in [0.15, 0.2) is 0 Å². The number of esters is 2. The number of carbonyl (C=O) groups is 4. The molecule has 0 amide bonds. The van der Waals surface area contributed by atoms with Crippen molar-refractivity contribution in [1.29, 1.82) is 0 Å². The van der Waals surface area contributed by atoms with Crippen molar-refractivity contribution in [3.8, 4) is 0 Å². The second kappa shape index (κ2) is 19.2. The minimum absolute atomic E-state index is 0.0749. The molecule has 198 valence electrons. The van der Waals surface area contributed by atoms with E-state index >= 15 is 0 Å². The third-order valence-electron chi connectivity index (χ3n) is 5.87. The van der Waals surface area contributed by atoms with Gasteiger partial charge >= 0.3 is 23.9 Å². The van der Waals surface area contributed by atoms with Gasteiger partial charge < -0.3 is 24.8 Å². The van der Waals surface area contributed by atoms with Gasteiger partial charge in [0.05, 0.1) is 13.5 Å². The van der Waals surface area contributed by atoms with Crippen LogP contribution in [-0.2, 0) is 28.7 Å². The van der Waals surface area contributed by atoms with E-state index in [1.807, 2.05) is 0 Å². The van der Waals surface area contributed by atoms with Crippen molar-refractivity contribution in [2.75, 3.05) is 7.11 Å². The number of aliphatic hydroxyl groups is 1. The Kier molecular flexibility index (Phi) is 18.0. The third kappa shape index (κ3) is 14.2. The van der Waals surface area contributed by atoms with Gasteiger partial charge in [0.25, 0.3) is 0 Å². The molecule has 0 aromatic heterocycles. The van der Waals surface area contributed by atoms with E-state index in [9.17, 15) is 29.4 Å². The predicted octanol–water partition coefficient (Wildman–Crippen LogP) is 4.62. The number of aliphatic carboxylic acids is 2. The van der Waals surface area contributed by atoms with Crippen molar-refractivity contribution >= 4 is 23.9 Å². The van der Waals surface area contributed by atoms with Crippen LogP contribution in [0.25, 0.3) is 0 Å². The fraction of sp³-hybridized carbons (Fsp3) is 0.840. The lowest BCUT2D eigenvalue weighted by Crippen LogP contribution is -2.56. The molecular formula is C25H44O9. The van der Waals surface area contributed by atoms with Gasteiger partial charge in [-0.25, -0.2) is 9.59 Å². The Bertz CT molecular complexity index is 605. The summed E-state index contributed by atoms with van der Waals surface area (Å²) >= 11 is 0. The second-order valence-electron chi connectivity index (χ2n) is 8.89. The fourth-order valence-corrected chi connectivity index (χ4v) is 3.79. The molecular weight excluding hydrogens is 444 g/mol. The molecule has 0 fully saturated rings. The number of hydrogen-bond acceptors (Lipinski definition) is 7. The Morgan fingerprint density at radius 3 is 1.50 bits per heavy atom. The molecule has 0 aliphatic rings. The zero-order chi connectivity index (χ0) is 25.8. The van der Waals surface area contributed by atoms with Crippen LogP contribution in [0.5, 0.6) is 0 Å². The van der Waals surface area contributed by atoms with Gasteiger partial charge in [-0.1, -0.05) is 96.8 Å². The highest BCUT2D eigenvalue weighted by atomic mass is 16.6. The first-order chi connectivity index (χ1) is 16.2. The van der Waals surface area contributed by atoms with Crippen LogP contribution in [0.15, 0.2) is 0 Å². The summed E-state index contributed by atoms with van der Waals surface area (Å²) in [4.78, 5) is 46.3. The summed E-state index contributed by atoms with van der Waals surface area (Å²) in [6, 6.07) is 0. The summed E-state index contributed by atoms with van der Waals surface area (Å²) in [5.74, 6) is -5.89. The topological polar surface area (TPSA) is 147 Å². The van der Waals surface area contributed by atoms with Gasteiger partial charge in [-0.05, 0) is 6.42 Å². The largest absolute Gasteiger partial charge is 0.481 e. The standard InChI is InChI=1S/C25H44O9/c1-3-4-5-6-7-8-9-10-11-12-13-14-15-16-17-18-21(28)34-22(23(29)33-2)25(32,24(30)31)19-20(26)27/h22,32H,3-19H2,1-2H3,(H,26,27)(H,30,31). The van der Waals surface area contributed by atoms with Crippen molar-refractivity contribution in [1.82, 2.24) is 0 Å². The van der Waals surface area contributed by atoms with Crippen molar-refractivity contribution in [3.63, 3.8) is 0 Å². The smallest absolute Gasteiger partial charge is 0.350 e. The molecule has 0 aromatic rings. The maximum atomic E-state index is 12.1. The van der Waals surface area contributed by atoms with Gasteiger partial charge in [0.1, 0.15) is 0 Å². The van der Waals surface area contributed by atoms with Crippen LogP contribution in [0.3, 0.4) is 0 Å². The Morgan fingerprint density at radius 2 is 1.15 bits per heavy atom. The Balaban J connectivity index is 4.06. The summed E-state index contributed by atoms with van der Waals surface area (Å²) in [5.41, 5.74) is -3.12. The molecule has 0 radical (unpaired) electrons. The highest BCUT2D eigenvalue weighted by Crippen LogP contribution is 2.22. The molecule has 0 aliphatic carbocycles. The normalized spacial score (nSPS) is 13.6. The maximum Gasteiger partial charge on any atom is 0.350 e.